The standard InChI is InChI=1S/C16H12ClNO2.C8H18N2/c17-13-7-3-1-6-12(13)10-18-14-8-4-2-5-11(14)9-15(18)16(19)20;1-7(2)10-5-3-8(9)4-6-10/h1-9H,10H2,(H,19,20);7-8H,3-6,9H2,1-2H3. The average Bonchev–Trinajstić information content (AvgIpc) is 3.09. The van der Waals surface area contributed by atoms with E-state index in [0.717, 1.165) is 16.5 Å². The number of nitrogens with zero attached hydrogens (tertiary/aromatic N) is 2. The number of hydrogen-bond donors (Lipinski definition) is 2. The zero-order chi connectivity index (χ0) is 21.7. The summed E-state index contributed by atoms with van der Waals surface area (Å²) in [7, 11) is 0. The fourth-order valence-electron chi connectivity index (χ4n) is 3.79. The third-order valence-electron chi connectivity index (χ3n) is 5.62. The van der Waals surface area contributed by atoms with E-state index >= 15 is 0 Å². The van der Waals surface area contributed by atoms with Crippen molar-refractivity contribution in [2.45, 2.75) is 45.3 Å². The van der Waals surface area contributed by atoms with Crippen LogP contribution in [0.1, 0.15) is 42.7 Å². The maximum atomic E-state index is 11.4. The van der Waals surface area contributed by atoms with Gasteiger partial charge in [-0.15, -0.1) is 0 Å². The molecule has 4 rings (SSSR count). The molecular formula is C24H30ClN3O2. The molecule has 0 bridgehead atoms. The van der Waals surface area contributed by atoms with Gasteiger partial charge >= 0.3 is 5.97 Å². The SMILES string of the molecule is CC(C)N1CCC(N)CC1.O=C(O)c1cc2ccccc2n1Cc1ccccc1Cl. The fourth-order valence-corrected chi connectivity index (χ4v) is 3.99. The molecule has 1 aliphatic rings. The molecule has 1 fully saturated rings. The normalized spacial score (nSPS) is 15.2. The lowest BCUT2D eigenvalue weighted by Gasteiger charge is -2.32. The maximum absolute atomic E-state index is 11.4. The van der Waals surface area contributed by atoms with Crippen LogP contribution in [0.15, 0.2) is 54.6 Å². The van der Waals surface area contributed by atoms with Gasteiger partial charge in [-0.3, -0.25) is 0 Å². The number of piperidine rings is 1. The van der Waals surface area contributed by atoms with Gasteiger partial charge in [0.25, 0.3) is 0 Å². The molecule has 2 aromatic carbocycles. The summed E-state index contributed by atoms with van der Waals surface area (Å²) in [4.78, 5) is 13.9. The number of nitrogens with two attached hydrogens (primary N) is 1. The maximum Gasteiger partial charge on any atom is 0.352 e. The van der Waals surface area contributed by atoms with Crippen LogP contribution in [0.2, 0.25) is 5.02 Å². The Morgan fingerprint density at radius 1 is 1.13 bits per heavy atom. The predicted octanol–water partition coefficient (Wildman–Crippen LogP) is 4.86. The summed E-state index contributed by atoms with van der Waals surface area (Å²) in [6.45, 7) is 7.32. The van der Waals surface area contributed by atoms with E-state index < -0.39 is 5.97 Å². The number of halogens is 1. The van der Waals surface area contributed by atoms with Gasteiger partial charge in [-0.25, -0.2) is 4.79 Å². The summed E-state index contributed by atoms with van der Waals surface area (Å²) in [6, 6.07) is 17.9. The van der Waals surface area contributed by atoms with E-state index in [2.05, 4.69) is 18.7 Å². The van der Waals surface area contributed by atoms with Gasteiger partial charge < -0.3 is 20.3 Å². The molecule has 0 radical (unpaired) electrons. The summed E-state index contributed by atoms with van der Waals surface area (Å²) >= 11 is 6.16. The summed E-state index contributed by atoms with van der Waals surface area (Å²) < 4.78 is 1.78. The molecule has 3 N–H and O–H groups in total. The third kappa shape index (κ3) is 5.42. The highest BCUT2D eigenvalue weighted by Crippen LogP contribution is 2.24. The first-order valence-corrected chi connectivity index (χ1v) is 10.8. The lowest BCUT2D eigenvalue weighted by molar-refractivity contribution is 0.0686. The molecule has 1 saturated heterocycles. The van der Waals surface area contributed by atoms with Crippen LogP contribution in [-0.2, 0) is 6.54 Å². The van der Waals surface area contributed by atoms with Crippen molar-refractivity contribution in [2.75, 3.05) is 13.1 Å². The average molecular weight is 428 g/mol. The molecule has 1 aliphatic heterocycles. The number of benzene rings is 2. The first kappa shape index (κ1) is 22.3. The quantitative estimate of drug-likeness (QED) is 0.623. The smallest absolute Gasteiger partial charge is 0.352 e. The van der Waals surface area contributed by atoms with Crippen LogP contribution in [0.25, 0.3) is 10.9 Å². The lowest BCUT2D eigenvalue weighted by atomic mass is 10.1. The Hall–Kier alpha value is -2.34. The first-order valence-electron chi connectivity index (χ1n) is 10.4. The molecule has 1 aromatic heterocycles. The minimum atomic E-state index is -0.937. The summed E-state index contributed by atoms with van der Waals surface area (Å²) in [5.41, 5.74) is 7.83. The number of aromatic carboxylic acids is 1. The molecule has 0 unspecified atom stereocenters. The highest BCUT2D eigenvalue weighted by Gasteiger charge is 2.17. The van der Waals surface area contributed by atoms with Crippen molar-refractivity contribution in [1.29, 1.82) is 0 Å². The monoisotopic (exact) mass is 427 g/mol. The molecule has 0 saturated carbocycles. The van der Waals surface area contributed by atoms with Gasteiger partial charge in [0.2, 0.25) is 0 Å². The number of likely N-dealkylation sites (tertiary alicyclic amines) is 1. The van der Waals surface area contributed by atoms with Crippen LogP contribution >= 0.6 is 11.6 Å². The van der Waals surface area contributed by atoms with E-state index in [1.165, 1.54) is 25.9 Å². The van der Waals surface area contributed by atoms with Crippen molar-refractivity contribution in [3.05, 3.63) is 70.9 Å². The minimum absolute atomic E-state index is 0.270. The Morgan fingerprint density at radius 2 is 1.77 bits per heavy atom. The molecule has 6 heteroatoms. The van der Waals surface area contributed by atoms with Crippen LogP contribution in [0.3, 0.4) is 0 Å². The van der Waals surface area contributed by atoms with Crippen LogP contribution < -0.4 is 5.73 Å². The molecule has 160 valence electrons. The zero-order valence-electron chi connectivity index (χ0n) is 17.6. The number of carbonyl (C=O) groups is 1. The number of aromatic nitrogens is 1. The Kier molecular flexibility index (Phi) is 7.53. The van der Waals surface area contributed by atoms with Gasteiger partial charge in [0.05, 0.1) is 0 Å². The number of rotatable bonds is 4. The van der Waals surface area contributed by atoms with E-state index in [4.69, 9.17) is 17.3 Å². The zero-order valence-corrected chi connectivity index (χ0v) is 18.3. The fraction of sp³-hybridized carbons (Fsp3) is 0.375. The number of hydrogen-bond acceptors (Lipinski definition) is 3. The van der Waals surface area contributed by atoms with E-state index in [9.17, 15) is 9.90 Å². The largest absolute Gasteiger partial charge is 0.477 e. The molecule has 0 aliphatic carbocycles. The molecule has 2 heterocycles. The van der Waals surface area contributed by atoms with Gasteiger partial charge in [0, 0.05) is 34.6 Å². The third-order valence-corrected chi connectivity index (χ3v) is 5.99. The Labute approximate surface area is 183 Å². The van der Waals surface area contributed by atoms with E-state index in [0.29, 0.717) is 23.7 Å². The highest BCUT2D eigenvalue weighted by molar-refractivity contribution is 6.31. The van der Waals surface area contributed by atoms with Crippen molar-refractivity contribution >= 4 is 28.5 Å². The van der Waals surface area contributed by atoms with Crippen LogP contribution in [0.5, 0.6) is 0 Å². The molecule has 3 aromatic rings. The van der Waals surface area contributed by atoms with Crippen LogP contribution in [0.4, 0.5) is 0 Å². The molecule has 5 nitrogen and oxygen atoms in total. The Morgan fingerprint density at radius 3 is 2.40 bits per heavy atom. The summed E-state index contributed by atoms with van der Waals surface area (Å²) in [5, 5.41) is 10.9. The topological polar surface area (TPSA) is 71.5 Å². The second-order valence-electron chi connectivity index (χ2n) is 8.04. The summed E-state index contributed by atoms with van der Waals surface area (Å²) in [5.74, 6) is -0.937. The van der Waals surface area contributed by atoms with Crippen molar-refractivity contribution < 1.29 is 9.90 Å². The molecule has 0 spiro atoms. The molecule has 0 amide bonds. The number of fused-ring (bicyclic) bond motifs is 1. The van der Waals surface area contributed by atoms with Crippen molar-refractivity contribution in [2.24, 2.45) is 5.73 Å². The molecule has 0 atom stereocenters. The first-order chi connectivity index (χ1) is 14.4. The summed E-state index contributed by atoms with van der Waals surface area (Å²) in [6.07, 6.45) is 2.36. The second kappa shape index (κ2) is 10.1. The number of para-hydroxylation sites is 1. The number of carboxylic acid groups (broad SMARTS) is 1. The van der Waals surface area contributed by atoms with E-state index in [-0.39, 0.29) is 5.69 Å². The molecular weight excluding hydrogens is 398 g/mol. The van der Waals surface area contributed by atoms with Gasteiger partial charge in [0.15, 0.2) is 0 Å². The van der Waals surface area contributed by atoms with Crippen molar-refractivity contribution in [3.63, 3.8) is 0 Å². The number of carboxylic acids is 1. The van der Waals surface area contributed by atoms with E-state index in [1.807, 2.05) is 48.5 Å². The minimum Gasteiger partial charge on any atom is -0.477 e. The van der Waals surface area contributed by atoms with Gasteiger partial charge in [-0.1, -0.05) is 48.0 Å². The van der Waals surface area contributed by atoms with Gasteiger partial charge in [-0.2, -0.15) is 0 Å². The highest BCUT2D eigenvalue weighted by atomic mass is 35.5. The predicted molar refractivity (Wildman–Crippen MR) is 123 cm³/mol. The van der Waals surface area contributed by atoms with Gasteiger partial charge in [-0.05, 0) is 63.5 Å². The Balaban J connectivity index is 0.000000216. The second-order valence-corrected chi connectivity index (χ2v) is 8.45. The van der Waals surface area contributed by atoms with E-state index in [1.54, 1.807) is 10.6 Å². The molecule has 30 heavy (non-hydrogen) atoms. The lowest BCUT2D eigenvalue weighted by Crippen LogP contribution is -2.42. The van der Waals surface area contributed by atoms with Crippen LogP contribution in [0, 0.1) is 0 Å². The van der Waals surface area contributed by atoms with Gasteiger partial charge in [0.1, 0.15) is 5.69 Å². The van der Waals surface area contributed by atoms with Crippen LogP contribution in [-0.4, -0.2) is 45.7 Å². The van der Waals surface area contributed by atoms with Crippen molar-refractivity contribution in [3.8, 4) is 0 Å². The Bertz CT molecular complexity index is 991. The van der Waals surface area contributed by atoms with Crippen molar-refractivity contribution in [1.82, 2.24) is 9.47 Å².